The first-order valence-corrected chi connectivity index (χ1v) is 7.23. The summed E-state index contributed by atoms with van der Waals surface area (Å²) in [6.45, 7) is 6.97. The first-order valence-electron chi connectivity index (χ1n) is 7.23. The number of nitrogens with two attached hydrogens (primary N) is 1. The largest absolute Gasteiger partial charge is 0.383 e. The van der Waals surface area contributed by atoms with E-state index in [1.807, 2.05) is 6.20 Å². The van der Waals surface area contributed by atoms with Crippen molar-refractivity contribution in [3.8, 4) is 0 Å². The van der Waals surface area contributed by atoms with E-state index in [9.17, 15) is 0 Å². The Morgan fingerprint density at radius 3 is 2.79 bits per heavy atom. The van der Waals surface area contributed by atoms with Crippen molar-refractivity contribution in [3.05, 3.63) is 23.9 Å². The Morgan fingerprint density at radius 1 is 1.26 bits per heavy atom. The van der Waals surface area contributed by atoms with E-state index < -0.39 is 0 Å². The molecule has 0 saturated heterocycles. The van der Waals surface area contributed by atoms with Crippen molar-refractivity contribution in [1.29, 1.82) is 0 Å². The molecule has 0 spiro atoms. The van der Waals surface area contributed by atoms with Gasteiger partial charge < -0.3 is 11.1 Å². The summed E-state index contributed by atoms with van der Waals surface area (Å²) in [7, 11) is 0. The monoisotopic (exact) mass is 260 g/mol. The number of aryl methyl sites for hydroxylation is 1. The van der Waals surface area contributed by atoms with Crippen LogP contribution in [0, 0.1) is 0 Å². The third-order valence-corrected chi connectivity index (χ3v) is 3.31. The fourth-order valence-electron chi connectivity index (χ4n) is 2.41. The Labute approximate surface area is 115 Å². The van der Waals surface area contributed by atoms with Crippen molar-refractivity contribution >= 4 is 16.6 Å². The molecule has 0 aliphatic rings. The van der Waals surface area contributed by atoms with Gasteiger partial charge in [0.2, 0.25) is 0 Å². The fraction of sp³-hybridized carbons (Fsp3) is 0.533. The van der Waals surface area contributed by atoms with Gasteiger partial charge in [0.1, 0.15) is 0 Å². The number of benzene rings is 1. The Bertz CT molecular complexity index is 530. The van der Waals surface area contributed by atoms with Gasteiger partial charge in [0.15, 0.2) is 0 Å². The molecule has 0 radical (unpaired) electrons. The average molecular weight is 260 g/mol. The first kappa shape index (κ1) is 13.9. The summed E-state index contributed by atoms with van der Waals surface area (Å²) in [5.41, 5.74) is 9.39. The van der Waals surface area contributed by atoms with Crippen LogP contribution in [0.3, 0.4) is 0 Å². The molecule has 0 bridgehead atoms. The van der Waals surface area contributed by atoms with E-state index in [1.165, 1.54) is 22.2 Å². The van der Waals surface area contributed by atoms with Gasteiger partial charge in [0.25, 0.3) is 0 Å². The zero-order valence-electron chi connectivity index (χ0n) is 11.9. The number of anilines is 1. The highest BCUT2D eigenvalue weighted by atomic mass is 15.3. The molecule has 1 aromatic carbocycles. The van der Waals surface area contributed by atoms with Crippen molar-refractivity contribution in [1.82, 2.24) is 9.78 Å². The van der Waals surface area contributed by atoms with E-state index in [1.54, 1.807) is 0 Å². The highest BCUT2D eigenvalue weighted by Gasteiger charge is 2.11. The zero-order valence-corrected chi connectivity index (χ0v) is 11.9. The van der Waals surface area contributed by atoms with Gasteiger partial charge >= 0.3 is 0 Å². The summed E-state index contributed by atoms with van der Waals surface area (Å²) in [4.78, 5) is 0. The number of hydrogen-bond donors (Lipinski definition) is 2. The number of aromatic nitrogens is 2. The van der Waals surface area contributed by atoms with E-state index in [-0.39, 0.29) is 0 Å². The standard InChI is InChI=1S/C15H24N4/c1-3-9-17-14-6-5-12(7-8-16)13-11-18-19(10-4-2)15(13)14/h5-6,11,17H,3-4,7-10,16H2,1-2H3. The Balaban J connectivity index is 2.49. The second-order valence-corrected chi connectivity index (χ2v) is 4.87. The predicted octanol–water partition coefficient (Wildman–Crippen LogP) is 2.77. The molecule has 0 aliphatic heterocycles. The smallest absolute Gasteiger partial charge is 0.0916 e. The normalized spacial score (nSPS) is 11.1. The van der Waals surface area contributed by atoms with Crippen molar-refractivity contribution in [2.24, 2.45) is 5.73 Å². The topological polar surface area (TPSA) is 55.9 Å². The highest BCUT2D eigenvalue weighted by molar-refractivity contribution is 5.93. The summed E-state index contributed by atoms with van der Waals surface area (Å²) >= 11 is 0. The molecular formula is C15H24N4. The van der Waals surface area contributed by atoms with Crippen LogP contribution in [0.5, 0.6) is 0 Å². The number of nitrogens with one attached hydrogen (secondary N) is 1. The summed E-state index contributed by atoms with van der Waals surface area (Å²) in [6, 6.07) is 4.34. The molecule has 0 unspecified atom stereocenters. The molecule has 1 heterocycles. The van der Waals surface area contributed by atoms with E-state index in [0.717, 1.165) is 32.4 Å². The molecule has 0 fully saturated rings. The maximum Gasteiger partial charge on any atom is 0.0916 e. The van der Waals surface area contributed by atoms with Crippen LogP contribution in [-0.2, 0) is 13.0 Å². The highest BCUT2D eigenvalue weighted by Crippen LogP contribution is 2.27. The Hall–Kier alpha value is -1.55. The molecule has 0 saturated carbocycles. The van der Waals surface area contributed by atoms with Gasteiger partial charge in [-0.3, -0.25) is 4.68 Å². The molecule has 4 nitrogen and oxygen atoms in total. The lowest BCUT2D eigenvalue weighted by Crippen LogP contribution is -2.07. The van der Waals surface area contributed by atoms with Crippen molar-refractivity contribution in [3.63, 3.8) is 0 Å². The van der Waals surface area contributed by atoms with Gasteiger partial charge in [-0.25, -0.2) is 0 Å². The molecule has 19 heavy (non-hydrogen) atoms. The molecule has 3 N–H and O–H groups in total. The lowest BCUT2D eigenvalue weighted by Gasteiger charge is -2.11. The Kier molecular flexibility index (Phi) is 4.80. The van der Waals surface area contributed by atoms with Gasteiger partial charge in [-0.05, 0) is 37.4 Å². The first-order chi connectivity index (χ1) is 9.31. The molecule has 104 valence electrons. The van der Waals surface area contributed by atoms with Crippen LogP contribution in [0.4, 0.5) is 5.69 Å². The van der Waals surface area contributed by atoms with Crippen LogP contribution in [0.15, 0.2) is 18.3 Å². The number of nitrogens with zero attached hydrogens (tertiary/aromatic N) is 2. The van der Waals surface area contributed by atoms with E-state index in [2.05, 4.69) is 41.1 Å². The minimum absolute atomic E-state index is 0.676. The third-order valence-electron chi connectivity index (χ3n) is 3.31. The molecular weight excluding hydrogens is 236 g/mol. The lowest BCUT2D eigenvalue weighted by molar-refractivity contribution is 0.622. The van der Waals surface area contributed by atoms with Gasteiger partial charge in [-0.1, -0.05) is 19.9 Å². The van der Waals surface area contributed by atoms with Crippen molar-refractivity contribution in [2.75, 3.05) is 18.4 Å². The third kappa shape index (κ3) is 2.89. The van der Waals surface area contributed by atoms with Gasteiger partial charge in [0.05, 0.1) is 17.4 Å². The van der Waals surface area contributed by atoms with E-state index in [0.29, 0.717) is 6.54 Å². The van der Waals surface area contributed by atoms with Crippen LogP contribution in [0.1, 0.15) is 32.3 Å². The number of fused-ring (bicyclic) bond motifs is 1. The molecule has 2 aromatic rings. The SMILES string of the molecule is CCCNc1ccc(CCN)c2cnn(CCC)c12. The molecule has 4 heteroatoms. The van der Waals surface area contributed by atoms with E-state index >= 15 is 0 Å². The quantitative estimate of drug-likeness (QED) is 0.805. The molecule has 1 aromatic heterocycles. The second kappa shape index (κ2) is 6.57. The number of rotatable bonds is 7. The van der Waals surface area contributed by atoms with Crippen LogP contribution in [-0.4, -0.2) is 22.9 Å². The maximum atomic E-state index is 5.69. The second-order valence-electron chi connectivity index (χ2n) is 4.87. The van der Waals surface area contributed by atoms with Gasteiger partial charge in [-0.15, -0.1) is 0 Å². The summed E-state index contributed by atoms with van der Waals surface area (Å²) < 4.78 is 2.10. The van der Waals surface area contributed by atoms with Gasteiger partial charge in [0, 0.05) is 18.5 Å². The minimum atomic E-state index is 0.676. The Morgan fingerprint density at radius 2 is 2.11 bits per heavy atom. The zero-order chi connectivity index (χ0) is 13.7. The number of hydrogen-bond acceptors (Lipinski definition) is 3. The summed E-state index contributed by atoms with van der Waals surface area (Å²) in [6.07, 6.45) is 5.09. The predicted molar refractivity (Wildman–Crippen MR) is 81.6 cm³/mol. The lowest BCUT2D eigenvalue weighted by atomic mass is 10.1. The molecule has 0 atom stereocenters. The van der Waals surface area contributed by atoms with Crippen LogP contribution >= 0.6 is 0 Å². The maximum absolute atomic E-state index is 5.69. The van der Waals surface area contributed by atoms with Crippen LogP contribution in [0.2, 0.25) is 0 Å². The van der Waals surface area contributed by atoms with Gasteiger partial charge in [-0.2, -0.15) is 5.10 Å². The fourth-order valence-corrected chi connectivity index (χ4v) is 2.41. The molecule has 0 aliphatic carbocycles. The van der Waals surface area contributed by atoms with E-state index in [4.69, 9.17) is 5.73 Å². The van der Waals surface area contributed by atoms with Crippen LogP contribution < -0.4 is 11.1 Å². The summed E-state index contributed by atoms with van der Waals surface area (Å²) in [5.74, 6) is 0. The van der Waals surface area contributed by atoms with Crippen LogP contribution in [0.25, 0.3) is 10.9 Å². The van der Waals surface area contributed by atoms with Crippen molar-refractivity contribution in [2.45, 2.75) is 39.7 Å². The average Bonchev–Trinajstić information content (AvgIpc) is 2.83. The summed E-state index contributed by atoms with van der Waals surface area (Å²) in [5, 5.41) is 9.27. The molecule has 0 amide bonds. The van der Waals surface area contributed by atoms with Crippen molar-refractivity contribution < 1.29 is 0 Å². The minimum Gasteiger partial charge on any atom is -0.383 e. The molecule has 2 rings (SSSR count).